The minimum absolute atomic E-state index is 0.0466. The minimum atomic E-state index is -2.93. The Kier molecular flexibility index (Phi) is 4.80. The maximum atomic E-state index is 12.7. The van der Waals surface area contributed by atoms with Crippen LogP contribution in [0.4, 0.5) is 8.78 Å². The molecule has 1 aromatic carbocycles. The Labute approximate surface area is 134 Å². The Morgan fingerprint density at radius 1 is 1.13 bits per heavy atom. The molecule has 2 saturated heterocycles. The van der Waals surface area contributed by atoms with Gasteiger partial charge in [0.1, 0.15) is 5.75 Å². The van der Waals surface area contributed by atoms with Gasteiger partial charge in [-0.15, -0.1) is 0 Å². The zero-order valence-electron chi connectivity index (χ0n) is 13.1. The lowest BCUT2D eigenvalue weighted by Crippen LogP contribution is -2.47. The van der Waals surface area contributed by atoms with Gasteiger partial charge in [-0.2, -0.15) is 8.78 Å². The molecule has 0 bridgehead atoms. The van der Waals surface area contributed by atoms with Crippen LogP contribution >= 0.6 is 0 Å². The third kappa shape index (κ3) is 3.63. The highest BCUT2D eigenvalue weighted by Gasteiger charge is 2.37. The van der Waals surface area contributed by atoms with Crippen LogP contribution in [0.3, 0.4) is 0 Å². The summed E-state index contributed by atoms with van der Waals surface area (Å²) in [4.78, 5) is 14.4. The fourth-order valence-electron chi connectivity index (χ4n) is 3.65. The summed E-state index contributed by atoms with van der Waals surface area (Å²) >= 11 is 0. The van der Waals surface area contributed by atoms with Crippen molar-refractivity contribution < 1.29 is 18.3 Å². The molecule has 23 heavy (non-hydrogen) atoms. The highest BCUT2D eigenvalue weighted by atomic mass is 19.3. The van der Waals surface area contributed by atoms with Gasteiger partial charge < -0.3 is 15.0 Å². The lowest BCUT2D eigenvalue weighted by Gasteiger charge is -2.44. The Bertz CT molecular complexity index is 549. The summed E-state index contributed by atoms with van der Waals surface area (Å²) < 4.78 is 29.5. The number of rotatable bonds is 3. The van der Waals surface area contributed by atoms with E-state index in [0.717, 1.165) is 38.8 Å². The fourth-order valence-corrected chi connectivity index (χ4v) is 3.65. The quantitative estimate of drug-likeness (QED) is 0.929. The van der Waals surface area contributed by atoms with Gasteiger partial charge in [-0.3, -0.25) is 4.79 Å². The lowest BCUT2D eigenvalue weighted by atomic mass is 9.71. The number of halogens is 2. The number of carbonyl (C=O) groups excluding carboxylic acids is 1. The third-order valence-corrected chi connectivity index (χ3v) is 5.11. The molecule has 126 valence electrons. The van der Waals surface area contributed by atoms with Crippen molar-refractivity contribution in [2.24, 2.45) is 5.41 Å². The van der Waals surface area contributed by atoms with Crippen LogP contribution in [-0.4, -0.2) is 43.6 Å². The van der Waals surface area contributed by atoms with Crippen LogP contribution in [-0.2, 0) is 0 Å². The van der Waals surface area contributed by atoms with Crippen LogP contribution in [0.15, 0.2) is 24.3 Å². The van der Waals surface area contributed by atoms with E-state index >= 15 is 0 Å². The number of nitrogens with zero attached hydrogens (tertiary/aromatic N) is 1. The van der Waals surface area contributed by atoms with Crippen molar-refractivity contribution in [1.82, 2.24) is 10.2 Å². The largest absolute Gasteiger partial charge is 0.434 e. The smallest absolute Gasteiger partial charge is 0.387 e. The average Bonchev–Trinajstić information content (AvgIpc) is 2.56. The van der Waals surface area contributed by atoms with Crippen molar-refractivity contribution in [3.05, 3.63) is 29.8 Å². The number of hydrogen-bond donors (Lipinski definition) is 1. The van der Waals surface area contributed by atoms with Gasteiger partial charge >= 0.3 is 6.61 Å². The van der Waals surface area contributed by atoms with Crippen molar-refractivity contribution in [2.75, 3.05) is 26.2 Å². The molecule has 0 atom stereocenters. The molecule has 0 radical (unpaired) electrons. The molecule has 2 heterocycles. The summed E-state index contributed by atoms with van der Waals surface area (Å²) in [6.45, 7) is 0.519. The molecular weight excluding hydrogens is 302 g/mol. The standard InChI is InChI=1S/C17H22F2N2O2/c18-16(19)23-14-4-2-1-3-13(14)15(22)21-11-7-17(8-12-21)5-9-20-10-6-17/h1-4,16,20H,5-12H2. The van der Waals surface area contributed by atoms with E-state index < -0.39 is 6.61 Å². The second kappa shape index (κ2) is 6.83. The zero-order chi connectivity index (χ0) is 16.3. The Balaban J connectivity index is 1.68. The van der Waals surface area contributed by atoms with Crippen LogP contribution in [0.5, 0.6) is 5.75 Å². The molecule has 1 aromatic rings. The molecule has 4 nitrogen and oxygen atoms in total. The van der Waals surface area contributed by atoms with Gasteiger partial charge in [0, 0.05) is 13.1 Å². The van der Waals surface area contributed by atoms with Gasteiger partial charge in [0.2, 0.25) is 0 Å². The van der Waals surface area contributed by atoms with Gasteiger partial charge in [-0.1, -0.05) is 12.1 Å². The molecular formula is C17H22F2N2O2. The highest BCUT2D eigenvalue weighted by Crippen LogP contribution is 2.40. The number of carbonyl (C=O) groups is 1. The number of piperidine rings is 2. The van der Waals surface area contributed by atoms with E-state index in [1.807, 2.05) is 0 Å². The molecule has 0 aromatic heterocycles. The first kappa shape index (κ1) is 16.2. The van der Waals surface area contributed by atoms with E-state index in [0.29, 0.717) is 18.5 Å². The Morgan fingerprint density at radius 3 is 2.43 bits per heavy atom. The minimum Gasteiger partial charge on any atom is -0.434 e. The molecule has 1 N–H and O–H groups in total. The number of likely N-dealkylation sites (tertiary alicyclic amines) is 1. The lowest BCUT2D eigenvalue weighted by molar-refractivity contribution is -0.0503. The molecule has 0 unspecified atom stereocenters. The number of benzene rings is 1. The van der Waals surface area contributed by atoms with Crippen molar-refractivity contribution in [3.63, 3.8) is 0 Å². The zero-order valence-corrected chi connectivity index (χ0v) is 13.1. The number of para-hydroxylation sites is 1. The number of alkyl halides is 2. The Morgan fingerprint density at radius 2 is 1.78 bits per heavy atom. The summed E-state index contributed by atoms with van der Waals surface area (Å²) in [6.07, 6.45) is 4.27. The molecule has 2 aliphatic heterocycles. The maximum Gasteiger partial charge on any atom is 0.387 e. The average molecular weight is 324 g/mol. The highest BCUT2D eigenvalue weighted by molar-refractivity contribution is 5.97. The maximum absolute atomic E-state index is 12.7. The summed E-state index contributed by atoms with van der Waals surface area (Å²) in [5.74, 6) is -0.264. The molecule has 3 rings (SSSR count). The van der Waals surface area contributed by atoms with Gasteiger partial charge in [0.05, 0.1) is 5.56 Å². The first-order chi connectivity index (χ1) is 11.1. The van der Waals surface area contributed by atoms with Crippen molar-refractivity contribution >= 4 is 5.91 Å². The number of amides is 1. The molecule has 2 aliphatic rings. The summed E-state index contributed by atoms with van der Waals surface area (Å²) in [6, 6.07) is 6.23. The monoisotopic (exact) mass is 324 g/mol. The predicted octanol–water partition coefficient (Wildman–Crippen LogP) is 2.89. The summed E-state index contributed by atoms with van der Waals surface area (Å²) in [5.41, 5.74) is 0.565. The van der Waals surface area contributed by atoms with E-state index in [2.05, 4.69) is 10.1 Å². The predicted molar refractivity (Wildman–Crippen MR) is 82.7 cm³/mol. The van der Waals surface area contributed by atoms with E-state index in [4.69, 9.17) is 0 Å². The van der Waals surface area contributed by atoms with Crippen molar-refractivity contribution in [1.29, 1.82) is 0 Å². The van der Waals surface area contributed by atoms with Gasteiger partial charge in [-0.05, 0) is 56.3 Å². The number of ether oxygens (including phenoxy) is 1. The van der Waals surface area contributed by atoms with E-state index in [9.17, 15) is 13.6 Å². The molecule has 6 heteroatoms. The molecule has 0 aliphatic carbocycles. The second-order valence-corrected chi connectivity index (χ2v) is 6.42. The fraction of sp³-hybridized carbons (Fsp3) is 0.588. The molecule has 0 saturated carbocycles. The van der Waals surface area contributed by atoms with E-state index in [1.165, 1.54) is 6.07 Å². The van der Waals surface area contributed by atoms with Crippen LogP contribution in [0.2, 0.25) is 0 Å². The van der Waals surface area contributed by atoms with Crippen LogP contribution < -0.4 is 10.1 Å². The first-order valence-electron chi connectivity index (χ1n) is 8.14. The first-order valence-corrected chi connectivity index (χ1v) is 8.14. The number of nitrogens with one attached hydrogen (secondary N) is 1. The van der Waals surface area contributed by atoms with Crippen molar-refractivity contribution in [3.8, 4) is 5.75 Å². The normalized spacial score (nSPS) is 20.7. The third-order valence-electron chi connectivity index (χ3n) is 5.11. The summed E-state index contributed by atoms with van der Waals surface area (Å²) in [7, 11) is 0. The summed E-state index contributed by atoms with van der Waals surface area (Å²) in [5, 5.41) is 3.37. The second-order valence-electron chi connectivity index (χ2n) is 6.42. The van der Waals surface area contributed by atoms with E-state index in [1.54, 1.807) is 23.1 Å². The van der Waals surface area contributed by atoms with Crippen LogP contribution in [0.25, 0.3) is 0 Å². The Hall–Kier alpha value is -1.69. The van der Waals surface area contributed by atoms with Gasteiger partial charge in [0.25, 0.3) is 5.91 Å². The van der Waals surface area contributed by atoms with Gasteiger partial charge in [0.15, 0.2) is 0 Å². The van der Waals surface area contributed by atoms with Crippen LogP contribution in [0, 0.1) is 5.41 Å². The van der Waals surface area contributed by atoms with E-state index in [-0.39, 0.29) is 17.2 Å². The number of hydrogen-bond acceptors (Lipinski definition) is 3. The van der Waals surface area contributed by atoms with Gasteiger partial charge in [-0.25, -0.2) is 0 Å². The molecule has 1 amide bonds. The van der Waals surface area contributed by atoms with Crippen molar-refractivity contribution in [2.45, 2.75) is 32.3 Å². The molecule has 1 spiro atoms. The topological polar surface area (TPSA) is 41.6 Å². The molecule has 2 fully saturated rings. The SMILES string of the molecule is O=C(c1ccccc1OC(F)F)N1CCC2(CCNCC2)CC1. The van der Waals surface area contributed by atoms with Crippen LogP contribution in [0.1, 0.15) is 36.0 Å².